The molecule has 9 heteroatoms. The van der Waals surface area contributed by atoms with Gasteiger partial charge in [-0.1, -0.05) is 43.3 Å². The lowest BCUT2D eigenvalue weighted by Crippen LogP contribution is -2.21. The summed E-state index contributed by atoms with van der Waals surface area (Å²) >= 11 is 2.95. The highest BCUT2D eigenvalue weighted by Gasteiger charge is 2.15. The summed E-state index contributed by atoms with van der Waals surface area (Å²) in [4.78, 5) is 18.5. The molecular formula is C18H18N6OS2. The Labute approximate surface area is 164 Å². The number of fused-ring (bicyclic) bond motifs is 1. The number of tetrazole rings is 1. The third kappa shape index (κ3) is 3.65. The normalized spacial score (nSPS) is 11.3. The van der Waals surface area contributed by atoms with Gasteiger partial charge in [-0.2, -0.15) is 0 Å². The quantitative estimate of drug-likeness (QED) is 0.350. The van der Waals surface area contributed by atoms with Crippen molar-refractivity contribution in [3.05, 3.63) is 58.0 Å². The molecule has 0 N–H and O–H groups in total. The molecule has 0 saturated carbocycles. The molecular weight excluding hydrogens is 380 g/mol. The Kier molecular flexibility index (Phi) is 5.30. The van der Waals surface area contributed by atoms with Gasteiger partial charge in [0.1, 0.15) is 4.83 Å². The Hall–Kier alpha value is -2.52. The predicted molar refractivity (Wildman–Crippen MR) is 108 cm³/mol. The van der Waals surface area contributed by atoms with Crippen molar-refractivity contribution in [3.63, 3.8) is 0 Å². The second-order valence-electron chi connectivity index (χ2n) is 5.97. The molecule has 0 fully saturated rings. The molecule has 4 rings (SSSR count). The van der Waals surface area contributed by atoms with E-state index in [2.05, 4.69) is 22.4 Å². The molecule has 4 aromatic rings. The molecule has 1 aromatic carbocycles. The maximum atomic E-state index is 13.1. The molecule has 3 aromatic heterocycles. The van der Waals surface area contributed by atoms with Crippen molar-refractivity contribution in [2.75, 3.05) is 0 Å². The largest absolute Gasteiger partial charge is 0.268 e. The van der Waals surface area contributed by atoms with Crippen molar-refractivity contribution in [3.8, 4) is 5.69 Å². The summed E-state index contributed by atoms with van der Waals surface area (Å²) < 4.78 is 3.49. The first-order valence-electron chi connectivity index (χ1n) is 8.71. The number of para-hydroxylation sites is 1. The molecule has 138 valence electrons. The van der Waals surface area contributed by atoms with Crippen molar-refractivity contribution in [1.82, 2.24) is 29.8 Å². The minimum absolute atomic E-state index is 0.0551. The van der Waals surface area contributed by atoms with Crippen molar-refractivity contribution < 1.29 is 0 Å². The first-order valence-corrected chi connectivity index (χ1v) is 10.6. The SMILES string of the molecule is CCCCn1nnnc1CSc1nc2sccc2c(=O)n1-c1ccccc1. The van der Waals surface area contributed by atoms with Crippen molar-refractivity contribution in [1.29, 1.82) is 0 Å². The topological polar surface area (TPSA) is 78.5 Å². The fourth-order valence-corrected chi connectivity index (χ4v) is 4.48. The molecule has 3 heterocycles. The lowest BCUT2D eigenvalue weighted by Gasteiger charge is -2.11. The van der Waals surface area contributed by atoms with E-state index in [1.165, 1.54) is 23.1 Å². The molecule has 0 bridgehead atoms. The van der Waals surface area contributed by atoms with Crippen molar-refractivity contribution in [2.24, 2.45) is 0 Å². The zero-order chi connectivity index (χ0) is 18.6. The second kappa shape index (κ2) is 8.01. The van der Waals surface area contributed by atoms with Gasteiger partial charge in [0.25, 0.3) is 5.56 Å². The molecule has 0 aliphatic rings. The lowest BCUT2D eigenvalue weighted by molar-refractivity contribution is 0.540. The number of aryl methyl sites for hydroxylation is 1. The third-order valence-corrected chi connectivity index (χ3v) is 5.88. The highest BCUT2D eigenvalue weighted by molar-refractivity contribution is 7.98. The van der Waals surface area contributed by atoms with Crippen LogP contribution in [0.5, 0.6) is 0 Å². The van der Waals surface area contributed by atoms with E-state index in [0.717, 1.165) is 35.7 Å². The number of nitrogens with zero attached hydrogens (tertiary/aromatic N) is 6. The Balaban J connectivity index is 1.71. The number of rotatable bonds is 7. The predicted octanol–water partition coefficient (Wildman–Crippen LogP) is 3.53. The maximum Gasteiger partial charge on any atom is 0.267 e. The minimum Gasteiger partial charge on any atom is -0.268 e. The van der Waals surface area contributed by atoms with Crippen LogP contribution in [-0.4, -0.2) is 29.8 Å². The molecule has 0 aliphatic carbocycles. The van der Waals surface area contributed by atoms with Gasteiger partial charge in [0.2, 0.25) is 0 Å². The maximum absolute atomic E-state index is 13.1. The number of hydrogen-bond donors (Lipinski definition) is 0. The van der Waals surface area contributed by atoms with Crippen LogP contribution in [0, 0.1) is 0 Å². The number of thioether (sulfide) groups is 1. The van der Waals surface area contributed by atoms with Crippen LogP contribution in [0.4, 0.5) is 0 Å². The first-order chi connectivity index (χ1) is 13.3. The average Bonchev–Trinajstić information content (AvgIpc) is 3.34. The Morgan fingerprint density at radius 2 is 2.04 bits per heavy atom. The summed E-state index contributed by atoms with van der Waals surface area (Å²) in [5, 5.41) is 15.2. The lowest BCUT2D eigenvalue weighted by atomic mass is 10.3. The van der Waals surface area contributed by atoms with Crippen molar-refractivity contribution in [2.45, 2.75) is 37.2 Å². The van der Waals surface area contributed by atoms with Gasteiger partial charge in [-0.25, -0.2) is 9.67 Å². The van der Waals surface area contributed by atoms with E-state index in [-0.39, 0.29) is 5.56 Å². The third-order valence-electron chi connectivity index (χ3n) is 4.14. The van der Waals surface area contributed by atoms with Crippen LogP contribution in [0.3, 0.4) is 0 Å². The summed E-state index contributed by atoms with van der Waals surface area (Å²) in [6.07, 6.45) is 2.10. The highest BCUT2D eigenvalue weighted by Crippen LogP contribution is 2.25. The van der Waals surface area contributed by atoms with Gasteiger partial charge >= 0.3 is 0 Å². The average molecular weight is 399 g/mol. The zero-order valence-electron chi connectivity index (χ0n) is 14.8. The molecule has 0 atom stereocenters. The number of hydrogen-bond acceptors (Lipinski definition) is 7. The Morgan fingerprint density at radius 3 is 2.85 bits per heavy atom. The fraction of sp³-hybridized carbons (Fsp3) is 0.278. The van der Waals surface area contributed by atoms with Gasteiger partial charge in [-0.3, -0.25) is 9.36 Å². The van der Waals surface area contributed by atoms with Gasteiger partial charge in [0.15, 0.2) is 11.0 Å². The van der Waals surface area contributed by atoms with E-state index < -0.39 is 0 Å². The van der Waals surface area contributed by atoms with Crippen molar-refractivity contribution >= 4 is 33.3 Å². The fourth-order valence-electron chi connectivity index (χ4n) is 2.73. The van der Waals surface area contributed by atoms with Crippen LogP contribution < -0.4 is 5.56 Å². The molecule has 0 spiro atoms. The van der Waals surface area contributed by atoms with Crippen LogP contribution in [0.15, 0.2) is 51.7 Å². The molecule has 0 aliphatic heterocycles. The molecule has 0 radical (unpaired) electrons. The Bertz CT molecular complexity index is 1100. The van der Waals surface area contributed by atoms with Crippen LogP contribution in [-0.2, 0) is 12.3 Å². The molecule has 7 nitrogen and oxygen atoms in total. The van der Waals surface area contributed by atoms with Crippen LogP contribution in [0.2, 0.25) is 0 Å². The number of unbranched alkanes of at least 4 members (excludes halogenated alkanes) is 1. The summed E-state index contributed by atoms with van der Waals surface area (Å²) in [6.45, 7) is 2.93. The van der Waals surface area contributed by atoms with Gasteiger partial charge in [0.05, 0.1) is 16.8 Å². The highest BCUT2D eigenvalue weighted by atomic mass is 32.2. The second-order valence-corrected chi connectivity index (χ2v) is 7.81. The first kappa shape index (κ1) is 17.9. The Morgan fingerprint density at radius 1 is 1.19 bits per heavy atom. The standard InChI is InChI=1S/C18H18N6OS2/c1-2-3-10-23-15(20-21-22-23)12-27-18-19-16-14(9-11-26-16)17(25)24(18)13-7-5-4-6-8-13/h4-9,11H,2-3,10,12H2,1H3. The van der Waals surface area contributed by atoms with E-state index in [1.807, 2.05) is 46.5 Å². The van der Waals surface area contributed by atoms with Gasteiger partial charge in [-0.05, 0) is 40.4 Å². The summed E-state index contributed by atoms with van der Waals surface area (Å²) in [5.74, 6) is 1.33. The molecule has 0 unspecified atom stereocenters. The minimum atomic E-state index is -0.0551. The van der Waals surface area contributed by atoms with Crippen LogP contribution in [0.1, 0.15) is 25.6 Å². The van der Waals surface area contributed by atoms with Gasteiger partial charge in [0, 0.05) is 6.54 Å². The van der Waals surface area contributed by atoms with Crippen LogP contribution in [0.25, 0.3) is 15.9 Å². The number of benzene rings is 1. The summed E-state index contributed by atoms with van der Waals surface area (Å²) in [6, 6.07) is 11.4. The van der Waals surface area contributed by atoms with Crippen LogP contribution >= 0.6 is 23.1 Å². The van der Waals surface area contributed by atoms with E-state index >= 15 is 0 Å². The van der Waals surface area contributed by atoms with Gasteiger partial charge in [-0.15, -0.1) is 16.4 Å². The summed E-state index contributed by atoms with van der Waals surface area (Å²) in [7, 11) is 0. The van der Waals surface area contributed by atoms with E-state index in [9.17, 15) is 4.79 Å². The number of thiophene rings is 1. The van der Waals surface area contributed by atoms with E-state index in [1.54, 1.807) is 4.57 Å². The van der Waals surface area contributed by atoms with E-state index in [0.29, 0.717) is 16.3 Å². The molecule has 0 saturated heterocycles. The monoisotopic (exact) mass is 398 g/mol. The van der Waals surface area contributed by atoms with E-state index in [4.69, 9.17) is 4.98 Å². The van der Waals surface area contributed by atoms with Gasteiger partial charge < -0.3 is 0 Å². The molecule has 0 amide bonds. The summed E-state index contributed by atoms with van der Waals surface area (Å²) in [5.41, 5.74) is 0.747. The number of aromatic nitrogens is 6. The molecule has 27 heavy (non-hydrogen) atoms. The smallest absolute Gasteiger partial charge is 0.267 e. The zero-order valence-corrected chi connectivity index (χ0v) is 16.4.